The van der Waals surface area contributed by atoms with Crippen LogP contribution in [0.5, 0.6) is 5.75 Å². The highest BCUT2D eigenvalue weighted by Crippen LogP contribution is 2.35. The molecule has 2 heterocycles. The second-order valence-corrected chi connectivity index (χ2v) is 5.49. The third-order valence-electron chi connectivity index (χ3n) is 3.84. The maximum atomic E-state index is 12.6. The number of morpholine rings is 1. The van der Waals surface area contributed by atoms with Crippen LogP contribution in [0.2, 0.25) is 0 Å². The highest BCUT2D eigenvalue weighted by Gasteiger charge is 2.49. The summed E-state index contributed by atoms with van der Waals surface area (Å²) in [5, 5.41) is 2.77. The first-order valence-electron chi connectivity index (χ1n) is 6.99. The molecule has 2 aliphatic heterocycles. The summed E-state index contributed by atoms with van der Waals surface area (Å²) in [4.78, 5) is 26.6. The van der Waals surface area contributed by atoms with Gasteiger partial charge in [0, 0.05) is 13.1 Å². The number of hydrogen-bond donors (Lipinski definition) is 1. The van der Waals surface area contributed by atoms with Crippen LogP contribution in [-0.4, -0.2) is 48.6 Å². The average molecular weight is 290 g/mol. The number of amides is 2. The summed E-state index contributed by atoms with van der Waals surface area (Å²) in [5.41, 5.74) is 0.0904. The van der Waals surface area contributed by atoms with Crippen LogP contribution in [0.1, 0.15) is 12.5 Å². The van der Waals surface area contributed by atoms with Crippen LogP contribution in [0.25, 0.3) is 0 Å². The molecule has 1 saturated heterocycles. The van der Waals surface area contributed by atoms with Crippen LogP contribution in [0.3, 0.4) is 0 Å². The molecule has 3 rings (SSSR count). The predicted molar refractivity (Wildman–Crippen MR) is 76.2 cm³/mol. The predicted octanol–water partition coefficient (Wildman–Crippen LogP) is 0.943. The fraction of sp³-hybridized carbons (Fsp3) is 0.467. The number of nitrogens with zero attached hydrogens (tertiary/aromatic N) is 1. The number of carbonyl (C=O) groups is 2. The average Bonchev–Trinajstić information content (AvgIpc) is 2.49. The molecule has 0 radical (unpaired) electrons. The fourth-order valence-corrected chi connectivity index (χ4v) is 2.55. The summed E-state index contributed by atoms with van der Waals surface area (Å²) >= 11 is 0. The first-order valence-corrected chi connectivity index (χ1v) is 6.99. The van der Waals surface area contributed by atoms with E-state index in [-0.39, 0.29) is 5.91 Å². The van der Waals surface area contributed by atoms with Crippen molar-refractivity contribution < 1.29 is 19.1 Å². The van der Waals surface area contributed by atoms with Crippen LogP contribution in [0, 0.1) is 6.92 Å². The van der Waals surface area contributed by atoms with Crippen LogP contribution in [-0.2, 0) is 14.3 Å². The van der Waals surface area contributed by atoms with Gasteiger partial charge in [-0.2, -0.15) is 0 Å². The number of aryl methyl sites for hydroxylation is 1. The van der Waals surface area contributed by atoms with Gasteiger partial charge in [-0.3, -0.25) is 9.59 Å². The van der Waals surface area contributed by atoms with E-state index in [9.17, 15) is 9.59 Å². The minimum Gasteiger partial charge on any atom is -0.466 e. The van der Waals surface area contributed by atoms with E-state index in [1.807, 2.05) is 19.1 Å². The Morgan fingerprint density at radius 1 is 1.33 bits per heavy atom. The summed E-state index contributed by atoms with van der Waals surface area (Å²) in [7, 11) is 0. The number of fused-ring (bicyclic) bond motifs is 1. The molecule has 0 spiro atoms. The van der Waals surface area contributed by atoms with Crippen molar-refractivity contribution in [2.45, 2.75) is 19.4 Å². The molecule has 6 nitrogen and oxygen atoms in total. The first kappa shape index (κ1) is 13.9. The van der Waals surface area contributed by atoms with Gasteiger partial charge in [-0.15, -0.1) is 0 Å². The number of ether oxygens (including phenoxy) is 2. The number of anilines is 1. The quantitative estimate of drug-likeness (QED) is 0.782. The summed E-state index contributed by atoms with van der Waals surface area (Å²) in [5.74, 6) is -0.240. The van der Waals surface area contributed by atoms with Gasteiger partial charge in [0.05, 0.1) is 18.9 Å². The van der Waals surface area contributed by atoms with Crippen molar-refractivity contribution in [1.82, 2.24) is 4.90 Å². The summed E-state index contributed by atoms with van der Waals surface area (Å²) < 4.78 is 11.0. The lowest BCUT2D eigenvalue weighted by Crippen LogP contribution is -2.61. The molecular weight excluding hydrogens is 272 g/mol. The molecule has 1 aromatic carbocycles. The van der Waals surface area contributed by atoms with E-state index in [0.29, 0.717) is 37.7 Å². The van der Waals surface area contributed by atoms with Gasteiger partial charge >= 0.3 is 0 Å². The Bertz CT molecular complexity index is 595. The highest BCUT2D eigenvalue weighted by atomic mass is 16.5. The molecule has 1 fully saturated rings. The van der Waals surface area contributed by atoms with Crippen LogP contribution >= 0.6 is 0 Å². The normalized spacial score (nSPS) is 24.9. The number of hydrogen-bond acceptors (Lipinski definition) is 4. The summed E-state index contributed by atoms with van der Waals surface area (Å²) in [6.45, 7) is 5.37. The third kappa shape index (κ3) is 2.35. The Balaban J connectivity index is 1.88. The van der Waals surface area contributed by atoms with Crippen molar-refractivity contribution in [1.29, 1.82) is 0 Å². The Morgan fingerprint density at radius 2 is 2.05 bits per heavy atom. The summed E-state index contributed by atoms with van der Waals surface area (Å²) in [6.07, 6.45) is 0. The number of nitrogens with one attached hydrogen (secondary N) is 1. The van der Waals surface area contributed by atoms with Crippen LogP contribution in [0.15, 0.2) is 18.2 Å². The Kier molecular flexibility index (Phi) is 3.33. The van der Waals surface area contributed by atoms with Crippen LogP contribution < -0.4 is 10.1 Å². The minimum atomic E-state index is -1.53. The maximum Gasteiger partial charge on any atom is 0.278 e. The molecule has 1 unspecified atom stereocenters. The number of benzene rings is 1. The standard InChI is InChI=1S/C15H18N2O4/c1-10-3-4-12-11(9-10)16-13(18)15(2,21-12)14(19)17-5-7-20-8-6-17/h3-4,9H,5-8H2,1-2H3,(H,16,18). The molecule has 2 amide bonds. The van der Waals surface area contributed by atoms with E-state index in [2.05, 4.69) is 5.32 Å². The molecule has 21 heavy (non-hydrogen) atoms. The number of rotatable bonds is 1. The number of carbonyl (C=O) groups excluding carboxylic acids is 2. The molecule has 0 bridgehead atoms. The maximum absolute atomic E-state index is 12.6. The van der Waals surface area contributed by atoms with E-state index in [1.54, 1.807) is 11.0 Å². The van der Waals surface area contributed by atoms with Gasteiger partial charge < -0.3 is 19.7 Å². The molecule has 0 aromatic heterocycles. The SMILES string of the molecule is Cc1ccc2c(c1)NC(=O)C(C)(C(=O)N1CCOCC1)O2. The Morgan fingerprint density at radius 3 is 2.76 bits per heavy atom. The van der Waals surface area contributed by atoms with E-state index >= 15 is 0 Å². The Hall–Kier alpha value is -2.08. The lowest BCUT2D eigenvalue weighted by Gasteiger charge is -2.38. The molecule has 0 saturated carbocycles. The zero-order chi connectivity index (χ0) is 15.0. The van der Waals surface area contributed by atoms with Gasteiger partial charge in [0.15, 0.2) is 0 Å². The van der Waals surface area contributed by atoms with Gasteiger partial charge in [-0.25, -0.2) is 0 Å². The van der Waals surface area contributed by atoms with Crippen molar-refractivity contribution in [2.24, 2.45) is 0 Å². The van der Waals surface area contributed by atoms with Crippen LogP contribution in [0.4, 0.5) is 5.69 Å². The van der Waals surface area contributed by atoms with E-state index < -0.39 is 11.5 Å². The van der Waals surface area contributed by atoms with E-state index in [0.717, 1.165) is 5.56 Å². The van der Waals surface area contributed by atoms with Gasteiger partial charge in [0.25, 0.3) is 17.4 Å². The summed E-state index contributed by atoms with van der Waals surface area (Å²) in [6, 6.07) is 5.48. The highest BCUT2D eigenvalue weighted by molar-refractivity contribution is 6.15. The van der Waals surface area contributed by atoms with Gasteiger partial charge in [-0.05, 0) is 31.5 Å². The van der Waals surface area contributed by atoms with E-state index in [4.69, 9.17) is 9.47 Å². The van der Waals surface area contributed by atoms with Crippen molar-refractivity contribution in [3.63, 3.8) is 0 Å². The lowest BCUT2D eigenvalue weighted by molar-refractivity contribution is -0.157. The topological polar surface area (TPSA) is 67.9 Å². The largest absolute Gasteiger partial charge is 0.466 e. The minimum absolute atomic E-state index is 0.325. The molecule has 0 aliphatic carbocycles. The van der Waals surface area contributed by atoms with Gasteiger partial charge in [0.2, 0.25) is 0 Å². The molecule has 1 N–H and O–H groups in total. The molecule has 2 aliphatic rings. The zero-order valence-electron chi connectivity index (χ0n) is 12.1. The van der Waals surface area contributed by atoms with Crippen molar-refractivity contribution >= 4 is 17.5 Å². The van der Waals surface area contributed by atoms with Crippen molar-refractivity contribution in [2.75, 3.05) is 31.6 Å². The first-order chi connectivity index (χ1) is 10.0. The monoisotopic (exact) mass is 290 g/mol. The Labute approximate surface area is 123 Å². The van der Waals surface area contributed by atoms with Gasteiger partial charge in [-0.1, -0.05) is 6.07 Å². The third-order valence-corrected chi connectivity index (χ3v) is 3.84. The zero-order valence-corrected chi connectivity index (χ0v) is 12.1. The van der Waals surface area contributed by atoms with E-state index in [1.165, 1.54) is 6.92 Å². The second-order valence-electron chi connectivity index (χ2n) is 5.49. The molecule has 1 atom stereocenters. The molecule has 112 valence electrons. The smallest absolute Gasteiger partial charge is 0.278 e. The molecule has 6 heteroatoms. The van der Waals surface area contributed by atoms with Crippen molar-refractivity contribution in [3.8, 4) is 5.75 Å². The fourth-order valence-electron chi connectivity index (χ4n) is 2.55. The molecule has 1 aromatic rings. The van der Waals surface area contributed by atoms with Gasteiger partial charge in [0.1, 0.15) is 5.75 Å². The molecular formula is C15H18N2O4. The second kappa shape index (κ2) is 5.04. The van der Waals surface area contributed by atoms with Crippen molar-refractivity contribution in [3.05, 3.63) is 23.8 Å². The lowest BCUT2D eigenvalue weighted by atomic mass is 10.00.